The van der Waals surface area contributed by atoms with Crippen LogP contribution in [0.15, 0.2) is 12.3 Å². The molecule has 2 nitrogen and oxygen atoms in total. The molecule has 1 heterocycles. The Morgan fingerprint density at radius 3 is 2.67 bits per heavy atom. The molecule has 1 aromatic rings. The molecule has 0 aliphatic carbocycles. The van der Waals surface area contributed by atoms with Gasteiger partial charge in [0.05, 0.1) is 24.1 Å². The molecule has 1 aromatic heterocycles. The first-order valence-corrected chi connectivity index (χ1v) is 3.18. The number of alkyl halides is 2. The summed E-state index contributed by atoms with van der Waals surface area (Å²) in [5, 5.41) is 8.50. The van der Waals surface area contributed by atoms with Gasteiger partial charge in [-0.1, -0.05) is 0 Å². The molecule has 5 heteroatoms. The van der Waals surface area contributed by atoms with E-state index >= 15 is 0 Å². The van der Waals surface area contributed by atoms with Crippen molar-refractivity contribution in [3.63, 3.8) is 0 Å². The Morgan fingerprint density at radius 1 is 1.50 bits per heavy atom. The summed E-state index contributed by atoms with van der Waals surface area (Å²) >= 11 is 0. The molecule has 0 aromatic carbocycles. The van der Waals surface area contributed by atoms with Crippen molar-refractivity contribution >= 4 is 0 Å². The number of rotatable bonds is 2. The molecular weight excluding hydrogens is 171 g/mol. The Labute approximate surface area is 66.7 Å². The zero-order valence-electron chi connectivity index (χ0n) is 5.97. The van der Waals surface area contributed by atoms with Crippen LogP contribution in [-0.4, -0.2) is 10.1 Å². The maximum absolute atomic E-state index is 12.5. The second kappa shape index (κ2) is 3.53. The average molecular weight is 177 g/mol. The van der Waals surface area contributed by atoms with Gasteiger partial charge in [-0.3, -0.25) is 4.98 Å². The topological polar surface area (TPSA) is 33.1 Å². The maximum atomic E-state index is 12.5. The van der Waals surface area contributed by atoms with Crippen LogP contribution in [0.25, 0.3) is 0 Å². The van der Waals surface area contributed by atoms with Crippen LogP contribution in [0.4, 0.5) is 13.2 Å². The fraction of sp³-hybridized carbons (Fsp3) is 0.286. The molecule has 0 amide bonds. The minimum atomic E-state index is -2.88. The van der Waals surface area contributed by atoms with Gasteiger partial charge in [0.1, 0.15) is 5.82 Å². The van der Waals surface area contributed by atoms with E-state index in [1.165, 1.54) is 0 Å². The van der Waals surface area contributed by atoms with Crippen LogP contribution in [0.2, 0.25) is 0 Å². The first kappa shape index (κ1) is 8.99. The van der Waals surface area contributed by atoms with E-state index in [2.05, 4.69) is 4.98 Å². The van der Waals surface area contributed by atoms with Crippen molar-refractivity contribution in [3.05, 3.63) is 29.3 Å². The molecule has 0 aliphatic rings. The SMILES string of the molecule is OCc1cc(C(F)F)c(F)cn1. The lowest BCUT2D eigenvalue weighted by Crippen LogP contribution is -1.96. The average Bonchev–Trinajstić information content (AvgIpc) is 2.05. The van der Waals surface area contributed by atoms with Crippen molar-refractivity contribution < 1.29 is 18.3 Å². The predicted octanol–water partition coefficient (Wildman–Crippen LogP) is 1.65. The van der Waals surface area contributed by atoms with Gasteiger partial charge in [0, 0.05) is 0 Å². The van der Waals surface area contributed by atoms with E-state index in [1.807, 2.05) is 0 Å². The third kappa shape index (κ3) is 1.73. The van der Waals surface area contributed by atoms with E-state index in [4.69, 9.17) is 5.11 Å². The van der Waals surface area contributed by atoms with E-state index in [-0.39, 0.29) is 5.69 Å². The molecule has 0 unspecified atom stereocenters. The molecule has 1 N–H and O–H groups in total. The van der Waals surface area contributed by atoms with E-state index < -0.39 is 24.4 Å². The molecular formula is C7H6F3NO. The zero-order chi connectivity index (χ0) is 9.14. The molecule has 0 saturated carbocycles. The van der Waals surface area contributed by atoms with Gasteiger partial charge in [-0.15, -0.1) is 0 Å². The van der Waals surface area contributed by atoms with Crippen LogP contribution in [0.3, 0.4) is 0 Å². The number of aliphatic hydroxyl groups excluding tert-OH is 1. The smallest absolute Gasteiger partial charge is 0.266 e. The number of nitrogens with zero attached hydrogens (tertiary/aromatic N) is 1. The highest BCUT2D eigenvalue weighted by Gasteiger charge is 2.13. The van der Waals surface area contributed by atoms with E-state index in [1.54, 1.807) is 0 Å². The Bertz CT molecular complexity index is 277. The molecule has 12 heavy (non-hydrogen) atoms. The molecule has 0 saturated heterocycles. The highest BCUT2D eigenvalue weighted by molar-refractivity contribution is 5.18. The van der Waals surface area contributed by atoms with Gasteiger partial charge in [-0.05, 0) is 6.07 Å². The molecule has 1 rings (SSSR count). The van der Waals surface area contributed by atoms with Crippen molar-refractivity contribution in [3.8, 4) is 0 Å². The van der Waals surface area contributed by atoms with Gasteiger partial charge < -0.3 is 5.11 Å². The standard InChI is InChI=1S/C7H6F3NO/c8-6-2-11-4(3-12)1-5(6)7(9)10/h1-2,7,12H,3H2. The molecule has 0 atom stereocenters. The van der Waals surface area contributed by atoms with Gasteiger partial charge in [-0.2, -0.15) is 0 Å². The van der Waals surface area contributed by atoms with Crippen LogP contribution in [-0.2, 0) is 6.61 Å². The number of aromatic nitrogens is 1. The summed E-state index contributed by atoms with van der Waals surface area (Å²) in [6, 6.07) is 0.847. The normalized spacial score (nSPS) is 10.8. The molecule has 0 spiro atoms. The lowest BCUT2D eigenvalue weighted by molar-refractivity contribution is 0.145. The van der Waals surface area contributed by atoms with Gasteiger partial charge in [0.25, 0.3) is 6.43 Å². The number of aliphatic hydroxyl groups is 1. The fourth-order valence-corrected chi connectivity index (χ4v) is 0.754. The summed E-state index contributed by atoms with van der Waals surface area (Å²) in [6.07, 6.45) is -2.20. The lowest BCUT2D eigenvalue weighted by atomic mass is 10.2. The number of hydrogen-bond donors (Lipinski definition) is 1. The van der Waals surface area contributed by atoms with Crippen molar-refractivity contribution in [1.82, 2.24) is 4.98 Å². The fourth-order valence-electron chi connectivity index (χ4n) is 0.754. The molecule has 66 valence electrons. The van der Waals surface area contributed by atoms with Gasteiger partial charge in [0.2, 0.25) is 0 Å². The number of halogens is 3. The summed E-state index contributed by atoms with van der Waals surface area (Å²) in [6.45, 7) is -0.472. The summed E-state index contributed by atoms with van der Waals surface area (Å²) in [5.41, 5.74) is -0.694. The van der Waals surface area contributed by atoms with Crippen LogP contribution in [0, 0.1) is 5.82 Å². The van der Waals surface area contributed by atoms with Crippen molar-refractivity contribution in [2.24, 2.45) is 0 Å². The minimum Gasteiger partial charge on any atom is -0.390 e. The number of hydrogen-bond acceptors (Lipinski definition) is 2. The maximum Gasteiger partial charge on any atom is 0.266 e. The summed E-state index contributed by atoms with van der Waals surface area (Å²) < 4.78 is 36.5. The molecule has 0 radical (unpaired) electrons. The highest BCUT2D eigenvalue weighted by Crippen LogP contribution is 2.21. The molecule has 0 aliphatic heterocycles. The number of pyridine rings is 1. The van der Waals surface area contributed by atoms with Crippen LogP contribution < -0.4 is 0 Å². The first-order chi connectivity index (χ1) is 5.65. The minimum absolute atomic E-state index is 0.0340. The lowest BCUT2D eigenvalue weighted by Gasteiger charge is -2.02. The zero-order valence-corrected chi connectivity index (χ0v) is 5.97. The summed E-state index contributed by atoms with van der Waals surface area (Å²) in [5.74, 6) is -1.05. The van der Waals surface area contributed by atoms with Gasteiger partial charge >= 0.3 is 0 Å². The third-order valence-electron chi connectivity index (χ3n) is 1.34. The third-order valence-corrected chi connectivity index (χ3v) is 1.34. The molecule has 0 bridgehead atoms. The first-order valence-electron chi connectivity index (χ1n) is 3.18. The monoisotopic (exact) mass is 177 g/mol. The predicted molar refractivity (Wildman–Crippen MR) is 35.1 cm³/mol. The van der Waals surface area contributed by atoms with Gasteiger partial charge in [0.15, 0.2) is 0 Å². The largest absolute Gasteiger partial charge is 0.390 e. The second-order valence-corrected chi connectivity index (χ2v) is 2.16. The van der Waals surface area contributed by atoms with Gasteiger partial charge in [-0.25, -0.2) is 13.2 Å². The van der Waals surface area contributed by atoms with Crippen LogP contribution >= 0.6 is 0 Å². The second-order valence-electron chi connectivity index (χ2n) is 2.16. The van der Waals surface area contributed by atoms with Crippen molar-refractivity contribution in [1.29, 1.82) is 0 Å². The van der Waals surface area contributed by atoms with Crippen molar-refractivity contribution in [2.75, 3.05) is 0 Å². The summed E-state index contributed by atoms with van der Waals surface area (Å²) in [4.78, 5) is 3.38. The Morgan fingerprint density at radius 2 is 2.17 bits per heavy atom. The Kier molecular flexibility index (Phi) is 2.65. The summed E-state index contributed by atoms with van der Waals surface area (Å²) in [7, 11) is 0. The van der Waals surface area contributed by atoms with Crippen LogP contribution in [0.1, 0.15) is 17.7 Å². The van der Waals surface area contributed by atoms with Crippen LogP contribution in [0.5, 0.6) is 0 Å². The quantitative estimate of drug-likeness (QED) is 0.745. The van der Waals surface area contributed by atoms with E-state index in [0.29, 0.717) is 6.20 Å². The van der Waals surface area contributed by atoms with E-state index in [0.717, 1.165) is 6.07 Å². The molecule has 0 fully saturated rings. The Hall–Kier alpha value is -1.10. The van der Waals surface area contributed by atoms with Crippen molar-refractivity contribution in [2.45, 2.75) is 13.0 Å². The van der Waals surface area contributed by atoms with E-state index in [9.17, 15) is 13.2 Å². The Balaban J connectivity index is 3.08. The highest BCUT2D eigenvalue weighted by atomic mass is 19.3.